The van der Waals surface area contributed by atoms with Crippen LogP contribution in [0.2, 0.25) is 0 Å². The maximum Gasteiger partial charge on any atom is 0.264 e. The molecule has 8 heteroatoms. The number of hydrogen-bond acceptors (Lipinski definition) is 4. The predicted octanol–water partition coefficient (Wildman–Crippen LogP) is 5.97. The van der Waals surface area contributed by atoms with E-state index in [0.29, 0.717) is 12.2 Å². The van der Waals surface area contributed by atoms with Gasteiger partial charge in [-0.3, -0.25) is 13.9 Å². The van der Waals surface area contributed by atoms with E-state index in [-0.39, 0.29) is 23.8 Å². The smallest absolute Gasteiger partial charge is 0.264 e. The zero-order valence-electron chi connectivity index (χ0n) is 25.9. The van der Waals surface area contributed by atoms with Crippen molar-refractivity contribution in [3.63, 3.8) is 0 Å². The molecule has 0 fully saturated rings. The SMILES string of the molecule is CCCNC(=O)C(Cc1ccccc1)N(Cc1ccccc1C)C(=O)CN(c1cccc(C)c1C)S(=O)(=O)c1ccccc1. The van der Waals surface area contributed by atoms with Gasteiger partial charge in [0.25, 0.3) is 10.0 Å². The van der Waals surface area contributed by atoms with E-state index in [1.807, 2.05) is 88.4 Å². The van der Waals surface area contributed by atoms with Gasteiger partial charge < -0.3 is 10.2 Å². The quantitative estimate of drug-likeness (QED) is 0.202. The van der Waals surface area contributed by atoms with Crippen LogP contribution >= 0.6 is 0 Å². The number of nitrogens with one attached hydrogen (secondary N) is 1. The predicted molar refractivity (Wildman–Crippen MR) is 176 cm³/mol. The number of amides is 2. The Kier molecular flexibility index (Phi) is 11.0. The molecule has 4 aromatic rings. The van der Waals surface area contributed by atoms with Crippen LogP contribution in [0.25, 0.3) is 0 Å². The van der Waals surface area contributed by atoms with Gasteiger partial charge in [-0.25, -0.2) is 8.42 Å². The molecule has 0 aromatic heterocycles. The van der Waals surface area contributed by atoms with Crippen LogP contribution in [0.15, 0.2) is 108 Å². The maximum atomic E-state index is 14.6. The Balaban J connectivity index is 1.83. The summed E-state index contributed by atoms with van der Waals surface area (Å²) in [6, 6.07) is 30.0. The fourth-order valence-electron chi connectivity index (χ4n) is 5.13. The second-order valence-corrected chi connectivity index (χ2v) is 12.9. The lowest BCUT2D eigenvalue weighted by Crippen LogP contribution is -2.53. The minimum absolute atomic E-state index is 0.0840. The van der Waals surface area contributed by atoms with Crippen molar-refractivity contribution >= 4 is 27.5 Å². The lowest BCUT2D eigenvalue weighted by molar-refractivity contribution is -0.140. The van der Waals surface area contributed by atoms with Crippen molar-refractivity contribution < 1.29 is 18.0 Å². The first-order valence-electron chi connectivity index (χ1n) is 14.9. The average molecular weight is 612 g/mol. The molecule has 0 aliphatic carbocycles. The minimum Gasteiger partial charge on any atom is -0.354 e. The van der Waals surface area contributed by atoms with Crippen LogP contribution in [-0.4, -0.2) is 44.3 Å². The van der Waals surface area contributed by atoms with Crippen LogP contribution in [0.1, 0.15) is 41.2 Å². The normalized spacial score (nSPS) is 11.9. The lowest BCUT2D eigenvalue weighted by Gasteiger charge is -2.34. The number of nitrogens with zero attached hydrogens (tertiary/aromatic N) is 2. The van der Waals surface area contributed by atoms with E-state index in [1.165, 1.54) is 16.4 Å². The summed E-state index contributed by atoms with van der Waals surface area (Å²) in [5.74, 6) is -0.747. The minimum atomic E-state index is -4.14. The molecule has 4 rings (SSSR count). The highest BCUT2D eigenvalue weighted by Gasteiger charge is 2.35. The van der Waals surface area contributed by atoms with Crippen molar-refractivity contribution in [1.29, 1.82) is 0 Å². The summed E-state index contributed by atoms with van der Waals surface area (Å²) in [6.07, 6.45) is 1.02. The molecule has 0 heterocycles. The van der Waals surface area contributed by atoms with Crippen LogP contribution in [-0.2, 0) is 32.6 Å². The molecule has 0 aliphatic heterocycles. The van der Waals surface area contributed by atoms with E-state index in [0.717, 1.165) is 34.2 Å². The molecule has 0 aliphatic rings. The number of sulfonamides is 1. The van der Waals surface area contributed by atoms with Crippen molar-refractivity contribution in [3.05, 3.63) is 131 Å². The van der Waals surface area contributed by atoms with Crippen LogP contribution in [0.4, 0.5) is 5.69 Å². The second kappa shape index (κ2) is 14.8. The van der Waals surface area contributed by atoms with Gasteiger partial charge in [-0.15, -0.1) is 0 Å². The number of rotatable bonds is 13. The number of aryl methyl sites for hydroxylation is 2. The highest BCUT2D eigenvalue weighted by Crippen LogP contribution is 2.29. The molecule has 0 bridgehead atoms. The van der Waals surface area contributed by atoms with Crippen LogP contribution < -0.4 is 9.62 Å². The number of benzene rings is 4. The number of carbonyl (C=O) groups is 2. The Bertz CT molecular complexity index is 1670. The first-order chi connectivity index (χ1) is 21.1. The number of anilines is 1. The summed E-state index contributed by atoms with van der Waals surface area (Å²) in [4.78, 5) is 30.0. The number of hydrogen-bond donors (Lipinski definition) is 1. The van der Waals surface area contributed by atoms with Gasteiger partial charge in [-0.1, -0.05) is 91.9 Å². The molecule has 1 N–H and O–H groups in total. The fraction of sp³-hybridized carbons (Fsp3) is 0.278. The Labute approximate surface area is 261 Å². The molecule has 0 saturated heterocycles. The molecule has 2 amide bonds. The molecule has 1 atom stereocenters. The number of carbonyl (C=O) groups excluding carboxylic acids is 2. The summed E-state index contributed by atoms with van der Waals surface area (Å²) >= 11 is 0. The van der Waals surface area contributed by atoms with Gasteiger partial charge in [0.05, 0.1) is 10.6 Å². The van der Waals surface area contributed by atoms with Crippen molar-refractivity contribution in [3.8, 4) is 0 Å². The molecular formula is C36H41N3O4S. The summed E-state index contributed by atoms with van der Waals surface area (Å²) in [7, 11) is -4.14. The summed E-state index contributed by atoms with van der Waals surface area (Å²) < 4.78 is 29.5. The molecule has 7 nitrogen and oxygen atoms in total. The Morgan fingerprint density at radius 3 is 2.05 bits per heavy atom. The average Bonchev–Trinajstić information content (AvgIpc) is 3.03. The summed E-state index contributed by atoms with van der Waals surface area (Å²) in [5, 5.41) is 2.98. The highest BCUT2D eigenvalue weighted by molar-refractivity contribution is 7.92. The first-order valence-corrected chi connectivity index (χ1v) is 16.4. The van der Waals surface area contributed by atoms with Crippen molar-refractivity contribution in [2.75, 3.05) is 17.4 Å². The third-order valence-electron chi connectivity index (χ3n) is 7.88. The topological polar surface area (TPSA) is 86.8 Å². The standard InChI is InChI=1S/C36H41N3O4S/c1-5-23-37-36(41)34(24-30-17-8-6-9-18-30)38(25-31-19-13-12-15-28(31)3)35(40)26-39(33-22-14-16-27(2)29(33)4)44(42,43)32-20-10-7-11-21-32/h6-22,34H,5,23-26H2,1-4H3,(H,37,41). The largest absolute Gasteiger partial charge is 0.354 e. The van der Waals surface area contributed by atoms with E-state index in [9.17, 15) is 18.0 Å². The summed E-state index contributed by atoms with van der Waals surface area (Å²) in [5.41, 5.74) is 4.84. The zero-order valence-corrected chi connectivity index (χ0v) is 26.7. The first kappa shape index (κ1) is 32.5. The molecule has 4 aromatic carbocycles. The van der Waals surface area contributed by atoms with Gasteiger partial charge in [0.1, 0.15) is 12.6 Å². The molecule has 0 saturated carbocycles. The van der Waals surface area contributed by atoms with E-state index in [4.69, 9.17) is 0 Å². The lowest BCUT2D eigenvalue weighted by atomic mass is 10.0. The highest BCUT2D eigenvalue weighted by atomic mass is 32.2. The van der Waals surface area contributed by atoms with Crippen LogP contribution in [0.5, 0.6) is 0 Å². The maximum absolute atomic E-state index is 14.6. The Morgan fingerprint density at radius 2 is 1.39 bits per heavy atom. The van der Waals surface area contributed by atoms with Gasteiger partial charge >= 0.3 is 0 Å². The van der Waals surface area contributed by atoms with Gasteiger partial charge in [0.15, 0.2) is 0 Å². The van der Waals surface area contributed by atoms with Crippen molar-refractivity contribution in [2.45, 2.75) is 58.0 Å². The third kappa shape index (κ3) is 7.74. The molecule has 0 spiro atoms. The van der Waals surface area contributed by atoms with Gasteiger partial charge in [-0.05, 0) is 73.2 Å². The molecular weight excluding hydrogens is 570 g/mol. The van der Waals surface area contributed by atoms with Gasteiger partial charge in [0, 0.05) is 19.5 Å². The van der Waals surface area contributed by atoms with Gasteiger partial charge in [0.2, 0.25) is 11.8 Å². The van der Waals surface area contributed by atoms with Gasteiger partial charge in [-0.2, -0.15) is 0 Å². The molecule has 44 heavy (non-hydrogen) atoms. The monoisotopic (exact) mass is 611 g/mol. The fourth-order valence-corrected chi connectivity index (χ4v) is 6.62. The van der Waals surface area contributed by atoms with Crippen LogP contribution in [0, 0.1) is 20.8 Å². The van der Waals surface area contributed by atoms with Crippen molar-refractivity contribution in [1.82, 2.24) is 10.2 Å². The van der Waals surface area contributed by atoms with E-state index in [2.05, 4.69) is 5.32 Å². The van der Waals surface area contributed by atoms with E-state index in [1.54, 1.807) is 35.2 Å². The molecule has 230 valence electrons. The van der Waals surface area contributed by atoms with Crippen LogP contribution in [0.3, 0.4) is 0 Å². The van der Waals surface area contributed by atoms with E-state index >= 15 is 0 Å². The zero-order chi connectivity index (χ0) is 31.7. The molecule has 1 unspecified atom stereocenters. The molecule has 0 radical (unpaired) electrons. The Morgan fingerprint density at radius 1 is 0.773 bits per heavy atom. The summed E-state index contributed by atoms with van der Waals surface area (Å²) in [6.45, 7) is 7.83. The second-order valence-electron chi connectivity index (χ2n) is 11.0. The Hall–Kier alpha value is -4.43. The van der Waals surface area contributed by atoms with E-state index < -0.39 is 28.5 Å². The third-order valence-corrected chi connectivity index (χ3v) is 9.65. The van der Waals surface area contributed by atoms with Crippen molar-refractivity contribution in [2.24, 2.45) is 0 Å².